The zero-order chi connectivity index (χ0) is 11.1. The van der Waals surface area contributed by atoms with Crippen molar-refractivity contribution in [2.45, 2.75) is 18.4 Å². The minimum absolute atomic E-state index is 0.186. The van der Waals surface area contributed by atoms with Crippen LogP contribution < -0.4 is 16.6 Å². The largest absolute Gasteiger partial charge is 0.480 e. The minimum Gasteiger partial charge on any atom is -0.480 e. The standard InChI is InChI=1S/C7H8N4O4/c12-4-3(10-11-6(15)8-4)9-7(1-2-7)5(13)14/h1-2H2,(H,9,10)(H,13,14)(H2,8,11,12,15). The molecule has 80 valence electrons. The van der Waals surface area contributed by atoms with Crippen LogP contribution in [0.2, 0.25) is 0 Å². The molecule has 1 saturated carbocycles. The minimum atomic E-state index is -1.10. The quantitative estimate of drug-likeness (QED) is 0.482. The number of hydrogen-bond acceptors (Lipinski definition) is 5. The smallest absolute Gasteiger partial charge is 0.342 e. The number of aliphatic carboxylic acids is 1. The SMILES string of the molecule is O=C(O)C1(Nc2n[nH]c(=O)[nH]c2=O)CC1. The van der Waals surface area contributed by atoms with Gasteiger partial charge in [0.15, 0.2) is 0 Å². The third-order valence-corrected chi connectivity index (χ3v) is 2.23. The van der Waals surface area contributed by atoms with E-state index in [1.165, 1.54) is 0 Å². The van der Waals surface area contributed by atoms with Crippen LogP contribution in [0.3, 0.4) is 0 Å². The molecule has 1 aromatic heterocycles. The summed E-state index contributed by atoms with van der Waals surface area (Å²) in [6.07, 6.45) is 0.866. The second kappa shape index (κ2) is 2.94. The maximum Gasteiger partial charge on any atom is 0.342 e. The van der Waals surface area contributed by atoms with Crippen molar-refractivity contribution >= 4 is 11.8 Å². The molecule has 1 fully saturated rings. The molecule has 0 aliphatic heterocycles. The molecule has 0 atom stereocenters. The highest BCUT2D eigenvalue weighted by Gasteiger charge is 2.51. The molecule has 1 aliphatic rings. The summed E-state index contributed by atoms with van der Waals surface area (Å²) in [7, 11) is 0. The van der Waals surface area contributed by atoms with Gasteiger partial charge in [0.2, 0.25) is 5.82 Å². The van der Waals surface area contributed by atoms with E-state index in [1.54, 1.807) is 0 Å². The van der Waals surface area contributed by atoms with Gasteiger partial charge >= 0.3 is 11.7 Å². The first-order valence-corrected chi connectivity index (χ1v) is 4.24. The molecule has 8 nitrogen and oxygen atoms in total. The fraction of sp³-hybridized carbons (Fsp3) is 0.429. The monoisotopic (exact) mass is 212 g/mol. The van der Waals surface area contributed by atoms with Crippen LogP contribution in [0.5, 0.6) is 0 Å². The second-order valence-corrected chi connectivity index (χ2v) is 3.37. The van der Waals surface area contributed by atoms with Gasteiger partial charge in [0.25, 0.3) is 5.56 Å². The fourth-order valence-electron chi connectivity index (χ4n) is 1.18. The number of carboxylic acid groups (broad SMARTS) is 1. The van der Waals surface area contributed by atoms with Gasteiger partial charge in [0, 0.05) is 0 Å². The lowest BCUT2D eigenvalue weighted by Gasteiger charge is -2.10. The Bertz CT molecular complexity index is 512. The summed E-state index contributed by atoms with van der Waals surface area (Å²) in [5, 5.41) is 16.8. The first kappa shape index (κ1) is 9.44. The average molecular weight is 212 g/mol. The Labute approximate surface area is 82.3 Å². The maximum absolute atomic E-state index is 11.2. The van der Waals surface area contributed by atoms with E-state index in [-0.39, 0.29) is 5.82 Å². The first-order valence-electron chi connectivity index (χ1n) is 4.24. The highest BCUT2D eigenvalue weighted by molar-refractivity contribution is 5.85. The van der Waals surface area contributed by atoms with Crippen LogP contribution in [0, 0.1) is 0 Å². The fourth-order valence-corrected chi connectivity index (χ4v) is 1.18. The van der Waals surface area contributed by atoms with Crippen LogP contribution in [-0.4, -0.2) is 31.8 Å². The zero-order valence-corrected chi connectivity index (χ0v) is 7.53. The molecule has 2 rings (SSSR count). The lowest BCUT2D eigenvalue weighted by molar-refractivity contribution is -0.138. The van der Waals surface area contributed by atoms with Crippen LogP contribution in [0.1, 0.15) is 12.8 Å². The molecule has 4 N–H and O–H groups in total. The van der Waals surface area contributed by atoms with E-state index in [4.69, 9.17) is 5.11 Å². The van der Waals surface area contributed by atoms with Gasteiger partial charge in [-0.25, -0.2) is 14.7 Å². The number of aromatic nitrogens is 3. The number of rotatable bonds is 3. The molecule has 0 radical (unpaired) electrons. The van der Waals surface area contributed by atoms with Crippen molar-refractivity contribution in [3.05, 3.63) is 20.8 Å². The molecule has 0 saturated heterocycles. The number of hydrogen-bond donors (Lipinski definition) is 4. The summed E-state index contributed by atoms with van der Waals surface area (Å²) in [5.74, 6) is -1.22. The molecule has 15 heavy (non-hydrogen) atoms. The third-order valence-electron chi connectivity index (χ3n) is 2.23. The van der Waals surface area contributed by atoms with E-state index >= 15 is 0 Å². The van der Waals surface area contributed by atoms with Gasteiger partial charge in [0.1, 0.15) is 5.54 Å². The highest BCUT2D eigenvalue weighted by atomic mass is 16.4. The molecular formula is C7H8N4O4. The maximum atomic E-state index is 11.2. The molecular weight excluding hydrogens is 204 g/mol. The Morgan fingerprint density at radius 1 is 1.47 bits per heavy atom. The summed E-state index contributed by atoms with van der Waals surface area (Å²) >= 11 is 0. The summed E-state index contributed by atoms with van der Waals surface area (Å²) in [4.78, 5) is 34.5. The molecule has 0 bridgehead atoms. The van der Waals surface area contributed by atoms with Crippen molar-refractivity contribution in [3.8, 4) is 0 Å². The Kier molecular flexibility index (Phi) is 1.85. The van der Waals surface area contributed by atoms with Gasteiger partial charge in [-0.1, -0.05) is 0 Å². The third kappa shape index (κ3) is 1.60. The van der Waals surface area contributed by atoms with Crippen molar-refractivity contribution in [2.24, 2.45) is 0 Å². The van der Waals surface area contributed by atoms with Crippen LogP contribution in [0.25, 0.3) is 0 Å². The number of carbonyl (C=O) groups is 1. The van der Waals surface area contributed by atoms with Gasteiger partial charge in [0.05, 0.1) is 0 Å². The number of nitrogens with one attached hydrogen (secondary N) is 3. The molecule has 1 aliphatic carbocycles. The predicted molar refractivity (Wildman–Crippen MR) is 48.7 cm³/mol. The number of carboxylic acids is 1. The van der Waals surface area contributed by atoms with Crippen molar-refractivity contribution in [1.82, 2.24) is 15.2 Å². The number of H-pyrrole nitrogens is 2. The van der Waals surface area contributed by atoms with E-state index in [0.29, 0.717) is 12.8 Å². The van der Waals surface area contributed by atoms with E-state index < -0.39 is 22.8 Å². The van der Waals surface area contributed by atoms with Crippen molar-refractivity contribution in [3.63, 3.8) is 0 Å². The van der Waals surface area contributed by atoms with Gasteiger partial charge in [-0.15, -0.1) is 5.10 Å². The van der Waals surface area contributed by atoms with Gasteiger partial charge in [-0.05, 0) is 12.8 Å². The topological polar surface area (TPSA) is 128 Å². The summed E-state index contributed by atoms with van der Waals surface area (Å²) in [6, 6.07) is 0. The zero-order valence-electron chi connectivity index (χ0n) is 7.53. The number of aromatic amines is 2. The molecule has 0 aromatic carbocycles. The highest BCUT2D eigenvalue weighted by Crippen LogP contribution is 2.37. The predicted octanol–water partition coefficient (Wildman–Crippen LogP) is -1.51. The molecule has 0 amide bonds. The van der Waals surface area contributed by atoms with Gasteiger partial charge in [-0.2, -0.15) is 0 Å². The van der Waals surface area contributed by atoms with Crippen molar-refractivity contribution in [2.75, 3.05) is 5.32 Å². The van der Waals surface area contributed by atoms with E-state index in [0.717, 1.165) is 0 Å². The first-order chi connectivity index (χ1) is 7.03. The van der Waals surface area contributed by atoms with Crippen LogP contribution >= 0.6 is 0 Å². The van der Waals surface area contributed by atoms with Crippen molar-refractivity contribution < 1.29 is 9.90 Å². The van der Waals surface area contributed by atoms with E-state index in [2.05, 4.69) is 10.4 Å². The van der Waals surface area contributed by atoms with Crippen LogP contribution in [0.4, 0.5) is 5.82 Å². The second-order valence-electron chi connectivity index (χ2n) is 3.37. The molecule has 0 spiro atoms. The Morgan fingerprint density at radius 3 is 2.60 bits per heavy atom. The summed E-state index contributed by atoms with van der Waals surface area (Å²) in [5.41, 5.74) is -2.56. The van der Waals surface area contributed by atoms with Crippen LogP contribution in [-0.2, 0) is 4.79 Å². The van der Waals surface area contributed by atoms with Gasteiger partial charge < -0.3 is 10.4 Å². The van der Waals surface area contributed by atoms with E-state index in [9.17, 15) is 14.4 Å². The molecule has 8 heteroatoms. The molecule has 1 heterocycles. The molecule has 1 aromatic rings. The van der Waals surface area contributed by atoms with E-state index in [1.807, 2.05) is 10.1 Å². The number of anilines is 1. The Balaban J connectivity index is 2.29. The average Bonchev–Trinajstić information content (AvgIpc) is 2.91. The lowest BCUT2D eigenvalue weighted by atomic mass is 10.3. The summed E-state index contributed by atoms with van der Waals surface area (Å²) < 4.78 is 0. The number of nitrogens with zero attached hydrogens (tertiary/aromatic N) is 1. The Hall–Kier alpha value is -2.12. The summed E-state index contributed by atoms with van der Waals surface area (Å²) in [6.45, 7) is 0. The molecule has 0 unspecified atom stereocenters. The van der Waals surface area contributed by atoms with Gasteiger partial charge in [-0.3, -0.25) is 9.78 Å². The lowest BCUT2D eigenvalue weighted by Crippen LogP contribution is -2.36. The Morgan fingerprint density at radius 2 is 2.13 bits per heavy atom. The van der Waals surface area contributed by atoms with Crippen molar-refractivity contribution in [1.29, 1.82) is 0 Å². The van der Waals surface area contributed by atoms with Crippen LogP contribution in [0.15, 0.2) is 9.59 Å². The normalized spacial score (nSPS) is 17.1.